The van der Waals surface area contributed by atoms with Gasteiger partial charge in [0.1, 0.15) is 5.15 Å². The van der Waals surface area contributed by atoms with Crippen LogP contribution in [0.2, 0.25) is 5.15 Å². The molecular weight excluding hydrogens is 334 g/mol. The molecule has 4 nitrogen and oxygen atoms in total. The van der Waals surface area contributed by atoms with E-state index in [9.17, 15) is 4.79 Å². The second-order valence-electron chi connectivity index (χ2n) is 7.14. The van der Waals surface area contributed by atoms with Crippen molar-refractivity contribution in [3.8, 4) is 0 Å². The van der Waals surface area contributed by atoms with Gasteiger partial charge in [-0.05, 0) is 39.2 Å². The van der Waals surface area contributed by atoms with Crippen LogP contribution in [0.1, 0.15) is 61.1 Å². The molecule has 0 unspecified atom stereocenters. The van der Waals surface area contributed by atoms with Crippen LogP contribution in [0.15, 0.2) is 30.3 Å². The second-order valence-corrected chi connectivity index (χ2v) is 7.50. The lowest BCUT2D eigenvalue weighted by Crippen LogP contribution is -2.43. The molecule has 1 saturated carbocycles. The maximum Gasteiger partial charge on any atom is 0.259 e. The molecule has 25 heavy (non-hydrogen) atoms. The Hall–Kier alpha value is -1.81. The van der Waals surface area contributed by atoms with Crippen LogP contribution in [0, 0.1) is 6.92 Å². The molecule has 0 aliphatic heterocycles. The molecule has 2 aromatic rings. The quantitative estimate of drug-likeness (QED) is 0.776. The molecule has 5 heteroatoms. The Bertz CT molecular complexity index is 733. The van der Waals surface area contributed by atoms with Crippen molar-refractivity contribution in [1.82, 2.24) is 14.7 Å². The van der Waals surface area contributed by atoms with Crippen molar-refractivity contribution in [3.63, 3.8) is 0 Å². The van der Waals surface area contributed by atoms with Crippen molar-refractivity contribution in [1.29, 1.82) is 0 Å². The Labute approximate surface area is 154 Å². The number of hydrogen-bond acceptors (Lipinski definition) is 2. The number of halogens is 1. The summed E-state index contributed by atoms with van der Waals surface area (Å²) in [6, 6.07) is 10.5. The molecule has 1 aliphatic rings. The minimum Gasteiger partial charge on any atom is -0.333 e. The zero-order chi connectivity index (χ0) is 18.0. The number of nitrogens with zero attached hydrogens (tertiary/aromatic N) is 3. The van der Waals surface area contributed by atoms with Crippen LogP contribution in [0.25, 0.3) is 0 Å². The average molecular weight is 360 g/mol. The van der Waals surface area contributed by atoms with Crippen molar-refractivity contribution < 1.29 is 4.79 Å². The summed E-state index contributed by atoms with van der Waals surface area (Å²) >= 11 is 6.58. The van der Waals surface area contributed by atoms with E-state index in [4.69, 9.17) is 11.6 Å². The highest BCUT2D eigenvalue weighted by atomic mass is 35.5. The van der Waals surface area contributed by atoms with Crippen molar-refractivity contribution in [3.05, 3.63) is 52.3 Å². The van der Waals surface area contributed by atoms with Crippen molar-refractivity contribution >= 4 is 17.5 Å². The maximum absolute atomic E-state index is 13.3. The molecule has 1 aromatic heterocycles. The molecule has 0 atom stereocenters. The SMILES string of the molecule is Cc1nn(Cc2ccccc2)c(Cl)c1C(=O)N(C(C)C)C1CCCC1. The minimum absolute atomic E-state index is 0.0173. The van der Waals surface area contributed by atoms with Gasteiger partial charge >= 0.3 is 0 Å². The largest absolute Gasteiger partial charge is 0.333 e. The van der Waals surface area contributed by atoms with Gasteiger partial charge in [-0.25, -0.2) is 4.68 Å². The van der Waals surface area contributed by atoms with Gasteiger partial charge in [-0.15, -0.1) is 0 Å². The lowest BCUT2D eigenvalue weighted by Gasteiger charge is -2.32. The monoisotopic (exact) mass is 359 g/mol. The fourth-order valence-corrected chi connectivity index (χ4v) is 4.11. The van der Waals surface area contributed by atoms with Gasteiger partial charge in [-0.1, -0.05) is 54.8 Å². The molecule has 3 rings (SSSR count). The standard InChI is InChI=1S/C20H26ClN3O/c1-14(2)24(17-11-7-8-12-17)20(25)18-15(3)22-23(19(18)21)13-16-9-5-4-6-10-16/h4-6,9-10,14,17H,7-8,11-13H2,1-3H3. The Morgan fingerprint density at radius 1 is 1.28 bits per heavy atom. The first kappa shape index (κ1) is 18.0. The van der Waals surface area contributed by atoms with Crippen LogP contribution in [0.3, 0.4) is 0 Å². The molecule has 0 bridgehead atoms. The normalized spacial score (nSPS) is 15.1. The highest BCUT2D eigenvalue weighted by molar-refractivity contribution is 6.33. The fraction of sp³-hybridized carbons (Fsp3) is 0.500. The van der Waals surface area contributed by atoms with E-state index in [0.717, 1.165) is 18.4 Å². The van der Waals surface area contributed by atoms with Gasteiger partial charge in [-0.2, -0.15) is 5.10 Å². The smallest absolute Gasteiger partial charge is 0.259 e. The first-order chi connectivity index (χ1) is 12.0. The van der Waals surface area contributed by atoms with Crippen LogP contribution in [-0.2, 0) is 6.54 Å². The number of hydrogen-bond donors (Lipinski definition) is 0. The number of aryl methyl sites for hydroxylation is 1. The lowest BCUT2D eigenvalue weighted by atomic mass is 10.1. The van der Waals surface area contributed by atoms with E-state index >= 15 is 0 Å². The zero-order valence-electron chi connectivity index (χ0n) is 15.2. The summed E-state index contributed by atoms with van der Waals surface area (Å²) in [5, 5.41) is 4.97. The first-order valence-corrected chi connectivity index (χ1v) is 9.46. The highest BCUT2D eigenvalue weighted by Gasteiger charge is 2.32. The van der Waals surface area contributed by atoms with E-state index in [1.54, 1.807) is 4.68 Å². The predicted octanol–water partition coefficient (Wildman–Crippen LogP) is 4.69. The second kappa shape index (κ2) is 7.61. The van der Waals surface area contributed by atoms with Gasteiger partial charge in [0.2, 0.25) is 0 Å². The van der Waals surface area contributed by atoms with E-state index in [-0.39, 0.29) is 11.9 Å². The molecule has 1 aromatic carbocycles. The van der Waals surface area contributed by atoms with Crippen molar-refractivity contribution in [2.45, 2.75) is 65.1 Å². The molecule has 0 spiro atoms. The number of rotatable bonds is 5. The molecule has 1 heterocycles. The minimum atomic E-state index is 0.0173. The van der Waals surface area contributed by atoms with Gasteiger partial charge in [0, 0.05) is 12.1 Å². The molecule has 134 valence electrons. The highest BCUT2D eigenvalue weighted by Crippen LogP contribution is 2.29. The Morgan fingerprint density at radius 3 is 2.52 bits per heavy atom. The number of carbonyl (C=O) groups is 1. The van der Waals surface area contributed by atoms with Crippen molar-refractivity contribution in [2.24, 2.45) is 0 Å². The van der Waals surface area contributed by atoms with E-state index < -0.39 is 0 Å². The van der Waals surface area contributed by atoms with Crippen LogP contribution < -0.4 is 0 Å². The third-order valence-corrected chi connectivity index (χ3v) is 5.35. The van der Waals surface area contributed by atoms with Crippen LogP contribution >= 0.6 is 11.6 Å². The number of carbonyl (C=O) groups excluding carboxylic acids is 1. The van der Waals surface area contributed by atoms with E-state index in [0.29, 0.717) is 29.0 Å². The topological polar surface area (TPSA) is 38.1 Å². The summed E-state index contributed by atoms with van der Waals surface area (Å²) in [7, 11) is 0. The maximum atomic E-state index is 13.3. The molecule has 1 aliphatic carbocycles. The first-order valence-electron chi connectivity index (χ1n) is 9.08. The van der Waals surface area contributed by atoms with Crippen LogP contribution in [0.5, 0.6) is 0 Å². The summed E-state index contributed by atoms with van der Waals surface area (Å²) in [6.07, 6.45) is 4.56. The summed E-state index contributed by atoms with van der Waals surface area (Å²) in [4.78, 5) is 15.3. The van der Waals surface area contributed by atoms with Gasteiger partial charge in [-0.3, -0.25) is 4.79 Å². The Kier molecular flexibility index (Phi) is 5.48. The van der Waals surface area contributed by atoms with Gasteiger partial charge < -0.3 is 4.90 Å². The molecule has 1 amide bonds. The summed E-state index contributed by atoms with van der Waals surface area (Å²) in [5.41, 5.74) is 2.37. The van der Waals surface area contributed by atoms with E-state index in [1.807, 2.05) is 42.2 Å². The average Bonchev–Trinajstić information content (AvgIpc) is 3.17. The van der Waals surface area contributed by atoms with Crippen molar-refractivity contribution in [2.75, 3.05) is 0 Å². The van der Waals surface area contributed by atoms with E-state index in [2.05, 4.69) is 18.9 Å². The fourth-order valence-electron chi connectivity index (χ4n) is 3.79. The summed E-state index contributed by atoms with van der Waals surface area (Å²) in [6.45, 7) is 6.59. The molecule has 0 radical (unpaired) electrons. The molecule has 0 saturated heterocycles. The number of aromatic nitrogens is 2. The van der Waals surface area contributed by atoms with Gasteiger partial charge in [0.05, 0.1) is 17.8 Å². The van der Waals surface area contributed by atoms with Gasteiger partial charge in [0.25, 0.3) is 5.91 Å². The third-order valence-electron chi connectivity index (χ3n) is 4.96. The van der Waals surface area contributed by atoms with Gasteiger partial charge in [0.15, 0.2) is 0 Å². The molecule has 0 N–H and O–H groups in total. The van der Waals surface area contributed by atoms with Crippen LogP contribution in [-0.4, -0.2) is 32.7 Å². The molecule has 1 fully saturated rings. The zero-order valence-corrected chi connectivity index (χ0v) is 16.0. The number of benzene rings is 1. The van der Waals surface area contributed by atoms with E-state index in [1.165, 1.54) is 12.8 Å². The third kappa shape index (κ3) is 3.74. The van der Waals surface area contributed by atoms with Crippen LogP contribution in [0.4, 0.5) is 0 Å². The molecular formula is C20H26ClN3O. The Morgan fingerprint density at radius 2 is 1.92 bits per heavy atom. The summed E-state index contributed by atoms with van der Waals surface area (Å²) < 4.78 is 1.73. The number of amides is 1. The lowest BCUT2D eigenvalue weighted by molar-refractivity contribution is 0.0613. The predicted molar refractivity (Wildman–Crippen MR) is 101 cm³/mol. The Balaban J connectivity index is 1.89. The summed E-state index contributed by atoms with van der Waals surface area (Å²) in [5.74, 6) is 0.0173.